The summed E-state index contributed by atoms with van der Waals surface area (Å²) in [6.45, 7) is 3.49. The van der Waals surface area contributed by atoms with E-state index in [2.05, 4.69) is 41.9 Å². The highest BCUT2D eigenvalue weighted by molar-refractivity contribution is 7.17. The van der Waals surface area contributed by atoms with Gasteiger partial charge in [-0.25, -0.2) is 0 Å². The van der Waals surface area contributed by atoms with Crippen LogP contribution in [0.25, 0.3) is 10.1 Å². The molecule has 2 atom stereocenters. The molecule has 3 rings (SSSR count). The van der Waals surface area contributed by atoms with E-state index in [4.69, 9.17) is 0 Å². The zero-order chi connectivity index (χ0) is 11.7. The number of fused-ring (bicyclic) bond motifs is 1. The van der Waals surface area contributed by atoms with Gasteiger partial charge < -0.3 is 5.32 Å². The third-order valence-electron chi connectivity index (χ3n) is 3.97. The molecule has 0 amide bonds. The molecule has 1 aromatic heterocycles. The van der Waals surface area contributed by atoms with Gasteiger partial charge in [-0.1, -0.05) is 31.5 Å². The van der Waals surface area contributed by atoms with Crippen molar-refractivity contribution in [2.75, 3.05) is 6.54 Å². The number of nitrogens with one attached hydrogen (secondary N) is 1. The van der Waals surface area contributed by atoms with E-state index in [9.17, 15) is 0 Å². The highest BCUT2D eigenvalue weighted by atomic mass is 32.1. The Balaban J connectivity index is 1.94. The topological polar surface area (TPSA) is 12.0 Å². The average Bonchev–Trinajstić information content (AvgIpc) is 2.87. The molecule has 0 radical (unpaired) electrons. The van der Waals surface area contributed by atoms with E-state index in [1.165, 1.54) is 41.5 Å². The van der Waals surface area contributed by atoms with Gasteiger partial charge in [-0.15, -0.1) is 11.3 Å². The van der Waals surface area contributed by atoms with Crippen molar-refractivity contribution < 1.29 is 0 Å². The van der Waals surface area contributed by atoms with Crippen molar-refractivity contribution in [3.05, 3.63) is 35.2 Å². The molecule has 0 aliphatic carbocycles. The van der Waals surface area contributed by atoms with Crippen LogP contribution in [0.3, 0.4) is 0 Å². The summed E-state index contributed by atoms with van der Waals surface area (Å²) in [6.07, 6.45) is 3.96. The van der Waals surface area contributed by atoms with Crippen molar-refractivity contribution in [3.8, 4) is 0 Å². The lowest BCUT2D eigenvalue weighted by molar-refractivity contribution is 0.300. The van der Waals surface area contributed by atoms with E-state index in [0.717, 1.165) is 5.92 Å². The van der Waals surface area contributed by atoms with E-state index in [-0.39, 0.29) is 0 Å². The molecule has 2 heteroatoms. The fourth-order valence-electron chi connectivity index (χ4n) is 2.89. The highest BCUT2D eigenvalue weighted by Gasteiger charge is 2.22. The summed E-state index contributed by atoms with van der Waals surface area (Å²) < 4.78 is 1.47. The standard InChI is InChI=1S/C15H19NS/c1-2-11-6-8-16-14(10-11)13-5-3-4-12-7-9-17-15(12)13/h3-5,7,9,11,14,16H,2,6,8,10H2,1H3. The minimum atomic E-state index is 0.566. The predicted molar refractivity (Wildman–Crippen MR) is 75.6 cm³/mol. The summed E-state index contributed by atoms with van der Waals surface area (Å²) in [5.74, 6) is 0.900. The second kappa shape index (κ2) is 4.79. The lowest BCUT2D eigenvalue weighted by atomic mass is 9.87. The van der Waals surface area contributed by atoms with Crippen LogP contribution in [0.5, 0.6) is 0 Å². The van der Waals surface area contributed by atoms with Crippen LogP contribution in [0.4, 0.5) is 0 Å². The molecule has 2 aromatic rings. The average molecular weight is 245 g/mol. The van der Waals surface area contributed by atoms with Gasteiger partial charge in [0.1, 0.15) is 0 Å². The van der Waals surface area contributed by atoms with E-state index in [1.807, 2.05) is 11.3 Å². The first-order valence-electron chi connectivity index (χ1n) is 6.58. The van der Waals surface area contributed by atoms with Crippen molar-refractivity contribution in [2.24, 2.45) is 5.92 Å². The van der Waals surface area contributed by atoms with Crippen LogP contribution in [0.15, 0.2) is 29.6 Å². The van der Waals surface area contributed by atoms with Gasteiger partial charge in [0.05, 0.1) is 0 Å². The van der Waals surface area contributed by atoms with Gasteiger partial charge in [0.2, 0.25) is 0 Å². The van der Waals surface area contributed by atoms with E-state index in [1.54, 1.807) is 0 Å². The van der Waals surface area contributed by atoms with Gasteiger partial charge in [0.15, 0.2) is 0 Å². The minimum absolute atomic E-state index is 0.566. The van der Waals surface area contributed by atoms with Crippen LogP contribution in [0.1, 0.15) is 37.8 Å². The van der Waals surface area contributed by atoms with E-state index in [0.29, 0.717) is 6.04 Å². The zero-order valence-electron chi connectivity index (χ0n) is 10.3. The normalized spacial score (nSPS) is 25.2. The quantitative estimate of drug-likeness (QED) is 0.829. The Labute approximate surface area is 107 Å². The Bertz CT molecular complexity index is 502. The molecule has 2 heterocycles. The Morgan fingerprint density at radius 3 is 3.18 bits per heavy atom. The molecule has 1 N–H and O–H groups in total. The molecule has 1 fully saturated rings. The van der Waals surface area contributed by atoms with Gasteiger partial charge in [-0.3, -0.25) is 0 Å². The van der Waals surface area contributed by atoms with Gasteiger partial charge in [0, 0.05) is 10.7 Å². The monoisotopic (exact) mass is 245 g/mol. The molecule has 1 saturated heterocycles. The molecular weight excluding hydrogens is 226 g/mol. The molecule has 1 aliphatic rings. The molecular formula is C15H19NS. The lowest BCUT2D eigenvalue weighted by Crippen LogP contribution is -2.31. The molecule has 0 saturated carbocycles. The van der Waals surface area contributed by atoms with Gasteiger partial charge >= 0.3 is 0 Å². The number of benzene rings is 1. The van der Waals surface area contributed by atoms with Crippen LogP contribution in [0, 0.1) is 5.92 Å². The molecule has 1 nitrogen and oxygen atoms in total. The molecule has 90 valence electrons. The maximum Gasteiger partial charge on any atom is 0.0390 e. The van der Waals surface area contributed by atoms with Gasteiger partial charge in [-0.2, -0.15) is 0 Å². The molecule has 17 heavy (non-hydrogen) atoms. The van der Waals surface area contributed by atoms with Crippen molar-refractivity contribution in [1.82, 2.24) is 5.32 Å². The van der Waals surface area contributed by atoms with E-state index >= 15 is 0 Å². The first-order valence-corrected chi connectivity index (χ1v) is 7.46. The molecule has 1 aromatic carbocycles. The Morgan fingerprint density at radius 2 is 2.29 bits per heavy atom. The van der Waals surface area contributed by atoms with Crippen molar-refractivity contribution >= 4 is 21.4 Å². The van der Waals surface area contributed by atoms with Gasteiger partial charge in [0.25, 0.3) is 0 Å². The van der Waals surface area contributed by atoms with Crippen LogP contribution < -0.4 is 5.32 Å². The molecule has 1 aliphatic heterocycles. The van der Waals surface area contributed by atoms with Gasteiger partial charge in [-0.05, 0) is 47.7 Å². The van der Waals surface area contributed by atoms with Crippen LogP contribution in [-0.2, 0) is 0 Å². The minimum Gasteiger partial charge on any atom is -0.310 e. The predicted octanol–water partition coefficient (Wildman–Crippen LogP) is 4.35. The van der Waals surface area contributed by atoms with Crippen molar-refractivity contribution in [2.45, 2.75) is 32.2 Å². The summed E-state index contributed by atoms with van der Waals surface area (Å²) >= 11 is 1.88. The summed E-state index contributed by atoms with van der Waals surface area (Å²) in [7, 11) is 0. The second-order valence-corrected chi connectivity index (χ2v) is 5.91. The zero-order valence-corrected chi connectivity index (χ0v) is 11.1. The summed E-state index contributed by atoms with van der Waals surface area (Å²) in [5.41, 5.74) is 1.51. The highest BCUT2D eigenvalue weighted by Crippen LogP contribution is 2.35. The fourth-order valence-corrected chi connectivity index (χ4v) is 3.86. The molecule has 0 spiro atoms. The Morgan fingerprint density at radius 1 is 1.35 bits per heavy atom. The second-order valence-electron chi connectivity index (χ2n) is 4.99. The summed E-state index contributed by atoms with van der Waals surface area (Å²) in [5, 5.41) is 7.29. The van der Waals surface area contributed by atoms with Crippen molar-refractivity contribution in [3.63, 3.8) is 0 Å². The number of thiophene rings is 1. The Kier molecular flexibility index (Phi) is 3.17. The summed E-state index contributed by atoms with van der Waals surface area (Å²) in [4.78, 5) is 0. The van der Waals surface area contributed by atoms with Crippen molar-refractivity contribution in [1.29, 1.82) is 0 Å². The number of piperidine rings is 1. The largest absolute Gasteiger partial charge is 0.310 e. The SMILES string of the molecule is CCC1CCNC(c2cccc3ccsc23)C1. The summed E-state index contributed by atoms with van der Waals surface area (Å²) in [6, 6.07) is 9.51. The lowest BCUT2D eigenvalue weighted by Gasteiger charge is -2.30. The van der Waals surface area contributed by atoms with E-state index < -0.39 is 0 Å². The first-order chi connectivity index (χ1) is 8.38. The number of rotatable bonds is 2. The Hall–Kier alpha value is -0.860. The first kappa shape index (κ1) is 11.2. The maximum atomic E-state index is 3.69. The number of hydrogen-bond donors (Lipinski definition) is 1. The van der Waals surface area contributed by atoms with Crippen LogP contribution in [0.2, 0.25) is 0 Å². The fraction of sp³-hybridized carbons (Fsp3) is 0.467. The third-order valence-corrected chi connectivity index (χ3v) is 4.95. The molecule has 2 unspecified atom stereocenters. The maximum absolute atomic E-state index is 3.69. The van der Waals surface area contributed by atoms with Crippen LogP contribution in [-0.4, -0.2) is 6.54 Å². The number of hydrogen-bond acceptors (Lipinski definition) is 2. The van der Waals surface area contributed by atoms with Crippen LogP contribution >= 0.6 is 11.3 Å². The smallest absolute Gasteiger partial charge is 0.0390 e. The third kappa shape index (κ3) is 2.12. The molecule has 0 bridgehead atoms.